The number of hydrogen-bond acceptors (Lipinski definition) is 3. The Hall–Kier alpha value is -1.40. The standard InChI is InChI=1S/C13H20N2O3S/c1-11(2)19(17,18)14(3)10-13(16)15(4)12-8-6-5-7-9-12/h5-9,11H,10H2,1-4H3. The number of rotatable bonds is 5. The Morgan fingerprint density at radius 1 is 1.16 bits per heavy atom. The van der Waals surface area contributed by atoms with Gasteiger partial charge in [-0.2, -0.15) is 4.31 Å². The molecule has 0 heterocycles. The van der Waals surface area contributed by atoms with E-state index in [-0.39, 0.29) is 12.5 Å². The van der Waals surface area contributed by atoms with Crippen molar-refractivity contribution in [1.29, 1.82) is 0 Å². The lowest BCUT2D eigenvalue weighted by atomic mass is 10.3. The highest BCUT2D eigenvalue weighted by Gasteiger charge is 2.25. The van der Waals surface area contributed by atoms with E-state index in [4.69, 9.17) is 0 Å². The minimum atomic E-state index is -3.40. The quantitative estimate of drug-likeness (QED) is 0.819. The van der Waals surface area contributed by atoms with Crippen LogP contribution in [0.5, 0.6) is 0 Å². The zero-order valence-electron chi connectivity index (χ0n) is 11.7. The maximum Gasteiger partial charge on any atom is 0.242 e. The van der Waals surface area contributed by atoms with Gasteiger partial charge in [0.05, 0.1) is 11.8 Å². The van der Waals surface area contributed by atoms with Gasteiger partial charge in [0.1, 0.15) is 0 Å². The molecule has 19 heavy (non-hydrogen) atoms. The molecule has 0 bridgehead atoms. The van der Waals surface area contributed by atoms with E-state index in [1.807, 2.05) is 18.2 Å². The van der Waals surface area contributed by atoms with Crippen molar-refractivity contribution in [1.82, 2.24) is 4.31 Å². The van der Waals surface area contributed by atoms with Crippen molar-refractivity contribution in [2.45, 2.75) is 19.1 Å². The highest BCUT2D eigenvalue weighted by molar-refractivity contribution is 7.89. The molecule has 0 spiro atoms. The molecule has 0 saturated carbocycles. The Kier molecular flexibility index (Phi) is 5.08. The lowest BCUT2D eigenvalue weighted by Crippen LogP contribution is -2.41. The Labute approximate surface area is 114 Å². The number of sulfonamides is 1. The summed E-state index contributed by atoms with van der Waals surface area (Å²) in [7, 11) is -0.347. The summed E-state index contributed by atoms with van der Waals surface area (Å²) >= 11 is 0. The van der Waals surface area contributed by atoms with Crippen LogP contribution < -0.4 is 4.90 Å². The van der Waals surface area contributed by atoms with E-state index in [1.165, 1.54) is 11.9 Å². The first-order valence-corrected chi connectivity index (χ1v) is 7.54. The van der Waals surface area contributed by atoms with Crippen molar-refractivity contribution in [2.75, 3.05) is 25.5 Å². The summed E-state index contributed by atoms with van der Waals surface area (Å²) in [5, 5.41) is -0.535. The lowest BCUT2D eigenvalue weighted by molar-refractivity contribution is -0.118. The first kappa shape index (κ1) is 15.7. The van der Waals surface area contributed by atoms with Crippen LogP contribution in [-0.4, -0.2) is 44.5 Å². The maximum atomic E-state index is 12.0. The Bertz CT molecular complexity index is 526. The molecule has 0 atom stereocenters. The van der Waals surface area contributed by atoms with Gasteiger partial charge in [-0.3, -0.25) is 4.79 Å². The molecule has 6 heteroatoms. The molecule has 1 aromatic carbocycles. The smallest absolute Gasteiger partial charge is 0.242 e. The monoisotopic (exact) mass is 284 g/mol. The number of anilines is 1. The van der Waals surface area contributed by atoms with Crippen molar-refractivity contribution in [3.8, 4) is 0 Å². The second-order valence-corrected chi connectivity index (χ2v) is 7.23. The Morgan fingerprint density at radius 2 is 1.68 bits per heavy atom. The van der Waals surface area contributed by atoms with E-state index in [0.717, 1.165) is 9.99 Å². The maximum absolute atomic E-state index is 12.0. The van der Waals surface area contributed by atoms with Gasteiger partial charge in [0, 0.05) is 19.8 Å². The van der Waals surface area contributed by atoms with E-state index in [2.05, 4.69) is 0 Å². The molecule has 0 aromatic heterocycles. The molecule has 0 N–H and O–H groups in total. The number of amides is 1. The molecule has 0 fully saturated rings. The van der Waals surface area contributed by atoms with Crippen LogP contribution in [0, 0.1) is 0 Å². The van der Waals surface area contributed by atoms with Gasteiger partial charge >= 0.3 is 0 Å². The second kappa shape index (κ2) is 6.16. The van der Waals surface area contributed by atoms with Gasteiger partial charge < -0.3 is 4.90 Å². The number of likely N-dealkylation sites (N-methyl/N-ethyl adjacent to an activating group) is 2. The molecule has 1 amide bonds. The summed E-state index contributed by atoms with van der Waals surface area (Å²) < 4.78 is 24.9. The van der Waals surface area contributed by atoms with Crippen molar-refractivity contribution < 1.29 is 13.2 Å². The predicted octanol–water partition coefficient (Wildman–Crippen LogP) is 1.32. The van der Waals surface area contributed by atoms with Gasteiger partial charge in [-0.1, -0.05) is 18.2 Å². The van der Waals surface area contributed by atoms with Crippen molar-refractivity contribution in [2.24, 2.45) is 0 Å². The largest absolute Gasteiger partial charge is 0.314 e. The molecule has 5 nitrogen and oxygen atoms in total. The number of carbonyl (C=O) groups is 1. The molecule has 0 aliphatic carbocycles. The summed E-state index contributed by atoms with van der Waals surface area (Å²) in [6.45, 7) is 3.03. The first-order chi connectivity index (χ1) is 8.76. The van der Waals surface area contributed by atoms with Crippen molar-refractivity contribution in [3.63, 3.8) is 0 Å². The van der Waals surface area contributed by atoms with E-state index >= 15 is 0 Å². The fraction of sp³-hybridized carbons (Fsp3) is 0.462. The van der Waals surface area contributed by atoms with E-state index < -0.39 is 15.3 Å². The van der Waals surface area contributed by atoms with Crippen LogP contribution >= 0.6 is 0 Å². The SMILES string of the molecule is CC(C)S(=O)(=O)N(C)CC(=O)N(C)c1ccccc1. The van der Waals surface area contributed by atoms with Gasteiger partial charge in [-0.25, -0.2) is 8.42 Å². The number of carbonyl (C=O) groups excluding carboxylic acids is 1. The number of benzene rings is 1. The van der Waals surface area contributed by atoms with E-state index in [0.29, 0.717) is 0 Å². The highest BCUT2D eigenvalue weighted by Crippen LogP contribution is 2.12. The van der Waals surface area contributed by atoms with E-state index in [1.54, 1.807) is 33.0 Å². The minimum absolute atomic E-state index is 0.161. The lowest BCUT2D eigenvalue weighted by Gasteiger charge is -2.23. The second-order valence-electron chi connectivity index (χ2n) is 4.64. The summed E-state index contributed by atoms with van der Waals surface area (Å²) in [6, 6.07) is 9.11. The zero-order valence-corrected chi connectivity index (χ0v) is 12.5. The summed E-state index contributed by atoms with van der Waals surface area (Å²) in [5.41, 5.74) is 0.739. The van der Waals surface area contributed by atoms with E-state index in [9.17, 15) is 13.2 Å². The Balaban J connectivity index is 2.76. The van der Waals surface area contributed by atoms with Crippen LogP contribution in [0.4, 0.5) is 5.69 Å². The molecule has 0 unspecified atom stereocenters. The third kappa shape index (κ3) is 3.78. The predicted molar refractivity (Wildman–Crippen MR) is 76.5 cm³/mol. The molecule has 106 valence electrons. The van der Waals surface area contributed by atoms with Gasteiger partial charge in [0.15, 0.2) is 0 Å². The van der Waals surface area contributed by atoms with Gasteiger partial charge in [-0.15, -0.1) is 0 Å². The molecule has 0 aliphatic rings. The Morgan fingerprint density at radius 3 is 2.16 bits per heavy atom. The van der Waals surface area contributed by atoms with Crippen molar-refractivity contribution >= 4 is 21.6 Å². The van der Waals surface area contributed by atoms with Gasteiger partial charge in [0.25, 0.3) is 0 Å². The number of para-hydroxylation sites is 1. The molecular formula is C13H20N2O3S. The average molecular weight is 284 g/mol. The number of hydrogen-bond donors (Lipinski definition) is 0. The van der Waals surface area contributed by atoms with Crippen LogP contribution in [-0.2, 0) is 14.8 Å². The first-order valence-electron chi connectivity index (χ1n) is 6.03. The summed E-state index contributed by atoms with van der Waals surface area (Å²) in [6.07, 6.45) is 0. The van der Waals surface area contributed by atoms with Crippen LogP contribution in [0.25, 0.3) is 0 Å². The van der Waals surface area contributed by atoms with Crippen LogP contribution in [0.2, 0.25) is 0 Å². The fourth-order valence-corrected chi connectivity index (χ4v) is 2.55. The van der Waals surface area contributed by atoms with Crippen LogP contribution in [0.3, 0.4) is 0 Å². The van der Waals surface area contributed by atoms with Crippen molar-refractivity contribution in [3.05, 3.63) is 30.3 Å². The van der Waals surface area contributed by atoms with Gasteiger partial charge in [0.2, 0.25) is 15.9 Å². The fourth-order valence-electron chi connectivity index (χ4n) is 1.54. The van der Waals surface area contributed by atoms with Gasteiger partial charge in [-0.05, 0) is 26.0 Å². The molecule has 0 saturated heterocycles. The zero-order chi connectivity index (χ0) is 14.6. The van der Waals surface area contributed by atoms with Crippen LogP contribution in [0.1, 0.15) is 13.8 Å². The van der Waals surface area contributed by atoms with Crippen LogP contribution in [0.15, 0.2) is 30.3 Å². The summed E-state index contributed by atoms with van der Waals surface area (Å²) in [4.78, 5) is 13.5. The molecular weight excluding hydrogens is 264 g/mol. The summed E-state index contributed by atoms with van der Waals surface area (Å²) in [5.74, 6) is -0.266. The number of nitrogens with zero attached hydrogens (tertiary/aromatic N) is 2. The average Bonchev–Trinajstić information content (AvgIpc) is 2.38. The third-order valence-corrected chi connectivity index (χ3v) is 5.10. The molecule has 1 aromatic rings. The molecule has 0 aliphatic heterocycles. The minimum Gasteiger partial charge on any atom is -0.314 e. The normalized spacial score (nSPS) is 11.9. The highest BCUT2D eigenvalue weighted by atomic mass is 32.2. The molecule has 0 radical (unpaired) electrons. The topological polar surface area (TPSA) is 57.7 Å². The third-order valence-electron chi connectivity index (χ3n) is 2.91. The molecule has 1 rings (SSSR count).